The molecule has 0 aromatic rings. The van der Waals surface area contributed by atoms with Crippen LogP contribution in [-0.4, -0.2) is 28.2 Å². The number of allylic oxidation sites excluding steroid dienone is 7. The first-order valence-corrected chi connectivity index (χ1v) is 8.87. The molecule has 0 saturated carbocycles. The van der Waals surface area contributed by atoms with E-state index in [1.807, 2.05) is 12.2 Å². The second-order valence-electron chi connectivity index (χ2n) is 5.92. The molecule has 2 N–H and O–H groups in total. The summed E-state index contributed by atoms with van der Waals surface area (Å²) in [6.45, 7) is 2.15. The van der Waals surface area contributed by atoms with Gasteiger partial charge in [0.05, 0.1) is 6.10 Å². The van der Waals surface area contributed by atoms with Gasteiger partial charge in [0.25, 0.3) is 0 Å². The van der Waals surface area contributed by atoms with Gasteiger partial charge in [-0.2, -0.15) is 8.78 Å². The molecule has 0 bridgehead atoms. The Morgan fingerprint density at radius 3 is 2.12 bits per heavy atom. The SMILES string of the molecule is CCCCCC(O)CCCCC=CC=CC=CC=CC(F)(F)C(=O)O. The fourth-order valence-corrected chi connectivity index (χ4v) is 2.10. The lowest BCUT2D eigenvalue weighted by Crippen LogP contribution is -2.24. The minimum absolute atomic E-state index is 0.179. The van der Waals surface area contributed by atoms with E-state index in [1.54, 1.807) is 18.2 Å². The van der Waals surface area contributed by atoms with Gasteiger partial charge < -0.3 is 10.2 Å². The Balaban J connectivity index is 3.74. The van der Waals surface area contributed by atoms with Gasteiger partial charge >= 0.3 is 11.9 Å². The average Bonchev–Trinajstić information content (AvgIpc) is 2.55. The first kappa shape index (κ1) is 23.2. The Kier molecular flexibility index (Phi) is 13.6. The molecule has 0 heterocycles. The van der Waals surface area contributed by atoms with Crippen molar-refractivity contribution >= 4 is 5.97 Å². The monoisotopic (exact) mass is 356 g/mol. The third-order valence-electron chi connectivity index (χ3n) is 3.58. The molecule has 0 aromatic heterocycles. The van der Waals surface area contributed by atoms with Crippen LogP contribution < -0.4 is 0 Å². The van der Waals surface area contributed by atoms with E-state index in [0.717, 1.165) is 44.6 Å². The highest BCUT2D eigenvalue weighted by Gasteiger charge is 2.34. The van der Waals surface area contributed by atoms with Crippen LogP contribution in [0.5, 0.6) is 0 Å². The maximum atomic E-state index is 12.7. The van der Waals surface area contributed by atoms with Gasteiger partial charge in [0.1, 0.15) is 0 Å². The van der Waals surface area contributed by atoms with Crippen LogP contribution in [0.15, 0.2) is 48.6 Å². The minimum atomic E-state index is -3.84. The number of aliphatic hydroxyl groups is 1. The van der Waals surface area contributed by atoms with E-state index < -0.39 is 11.9 Å². The Morgan fingerprint density at radius 2 is 1.52 bits per heavy atom. The summed E-state index contributed by atoms with van der Waals surface area (Å²) in [5.74, 6) is -6.00. The fraction of sp³-hybridized carbons (Fsp3) is 0.550. The van der Waals surface area contributed by atoms with Crippen molar-refractivity contribution < 1.29 is 23.8 Å². The zero-order valence-corrected chi connectivity index (χ0v) is 14.9. The molecule has 0 saturated heterocycles. The van der Waals surface area contributed by atoms with E-state index in [-0.39, 0.29) is 6.10 Å². The maximum Gasteiger partial charge on any atom is 0.378 e. The van der Waals surface area contributed by atoms with Crippen molar-refractivity contribution in [3.05, 3.63) is 48.6 Å². The van der Waals surface area contributed by atoms with Crippen molar-refractivity contribution in [2.24, 2.45) is 0 Å². The van der Waals surface area contributed by atoms with E-state index >= 15 is 0 Å². The Hall–Kier alpha value is -1.75. The molecular weight excluding hydrogens is 326 g/mol. The smallest absolute Gasteiger partial charge is 0.378 e. The van der Waals surface area contributed by atoms with Crippen molar-refractivity contribution in [1.82, 2.24) is 0 Å². The predicted octanol–water partition coefficient (Wildman–Crippen LogP) is 5.43. The predicted molar refractivity (Wildman–Crippen MR) is 97.8 cm³/mol. The summed E-state index contributed by atoms with van der Waals surface area (Å²) in [6, 6.07) is 0. The quantitative estimate of drug-likeness (QED) is 0.322. The summed E-state index contributed by atoms with van der Waals surface area (Å²) < 4.78 is 25.4. The van der Waals surface area contributed by atoms with E-state index in [4.69, 9.17) is 5.11 Å². The number of carboxylic acid groups (broad SMARTS) is 1. The van der Waals surface area contributed by atoms with Gasteiger partial charge in [-0.1, -0.05) is 75.1 Å². The van der Waals surface area contributed by atoms with Gasteiger partial charge in [-0.15, -0.1) is 0 Å². The summed E-state index contributed by atoms with van der Waals surface area (Å²) in [6.07, 6.45) is 19.6. The van der Waals surface area contributed by atoms with Crippen molar-refractivity contribution in [1.29, 1.82) is 0 Å². The van der Waals surface area contributed by atoms with E-state index in [2.05, 4.69) is 6.92 Å². The standard InChI is InChI=1S/C20H30F2O3/c1-2-3-12-15-18(23)16-13-10-8-6-4-5-7-9-11-14-17-20(21,22)19(24)25/h4-7,9,11,14,17-18,23H,2-3,8,10,12-13,15-16H2,1H3,(H,24,25). The van der Waals surface area contributed by atoms with Crippen LogP contribution in [0.3, 0.4) is 0 Å². The zero-order chi connectivity index (χ0) is 19.0. The molecule has 0 aromatic carbocycles. The van der Waals surface area contributed by atoms with Gasteiger partial charge in [-0.3, -0.25) is 0 Å². The number of carboxylic acids is 1. The van der Waals surface area contributed by atoms with Crippen molar-refractivity contribution in [2.45, 2.75) is 70.3 Å². The average molecular weight is 356 g/mol. The van der Waals surface area contributed by atoms with Crippen LogP contribution in [0, 0.1) is 0 Å². The molecule has 1 atom stereocenters. The van der Waals surface area contributed by atoms with Gasteiger partial charge in [-0.05, 0) is 31.8 Å². The topological polar surface area (TPSA) is 57.5 Å². The Morgan fingerprint density at radius 1 is 0.960 bits per heavy atom. The van der Waals surface area contributed by atoms with Crippen LogP contribution in [0.25, 0.3) is 0 Å². The van der Waals surface area contributed by atoms with Crippen molar-refractivity contribution in [2.75, 3.05) is 0 Å². The maximum absolute atomic E-state index is 12.7. The fourth-order valence-electron chi connectivity index (χ4n) is 2.10. The van der Waals surface area contributed by atoms with Gasteiger partial charge in [0, 0.05) is 0 Å². The highest BCUT2D eigenvalue weighted by atomic mass is 19.3. The number of halogens is 2. The Bertz CT molecular complexity index is 466. The van der Waals surface area contributed by atoms with Gasteiger partial charge in [0.15, 0.2) is 0 Å². The number of rotatable bonds is 14. The summed E-state index contributed by atoms with van der Waals surface area (Å²) in [5.41, 5.74) is 0. The van der Waals surface area contributed by atoms with Crippen molar-refractivity contribution in [3.8, 4) is 0 Å². The molecule has 0 spiro atoms. The third-order valence-corrected chi connectivity index (χ3v) is 3.58. The van der Waals surface area contributed by atoms with Crippen LogP contribution in [-0.2, 0) is 4.79 Å². The highest BCUT2D eigenvalue weighted by molar-refractivity contribution is 5.77. The molecular formula is C20H30F2O3. The molecule has 0 radical (unpaired) electrons. The number of carbonyl (C=O) groups is 1. The van der Waals surface area contributed by atoms with Crippen LogP contribution >= 0.6 is 0 Å². The molecule has 5 heteroatoms. The number of unbranched alkanes of at least 4 members (excludes halogenated alkanes) is 4. The number of aliphatic carboxylic acids is 1. The first-order chi connectivity index (χ1) is 11.9. The van der Waals surface area contributed by atoms with E-state index in [9.17, 15) is 18.7 Å². The summed E-state index contributed by atoms with van der Waals surface area (Å²) in [4.78, 5) is 10.2. The summed E-state index contributed by atoms with van der Waals surface area (Å²) in [5, 5.41) is 18.0. The molecule has 1 unspecified atom stereocenters. The molecule has 0 aliphatic rings. The van der Waals surface area contributed by atoms with Crippen LogP contribution in [0.2, 0.25) is 0 Å². The van der Waals surface area contributed by atoms with E-state index in [1.165, 1.54) is 18.9 Å². The van der Waals surface area contributed by atoms with Crippen molar-refractivity contribution in [3.63, 3.8) is 0 Å². The summed E-state index contributed by atoms with van der Waals surface area (Å²) in [7, 11) is 0. The number of alkyl halides is 2. The highest BCUT2D eigenvalue weighted by Crippen LogP contribution is 2.15. The molecule has 3 nitrogen and oxygen atoms in total. The molecule has 0 amide bonds. The molecule has 142 valence electrons. The number of hydrogen-bond donors (Lipinski definition) is 2. The molecule has 0 fully saturated rings. The van der Waals surface area contributed by atoms with Gasteiger partial charge in [-0.25, -0.2) is 4.79 Å². The lowest BCUT2D eigenvalue weighted by molar-refractivity contribution is -0.157. The second-order valence-corrected chi connectivity index (χ2v) is 5.92. The number of aliphatic hydroxyl groups excluding tert-OH is 1. The third kappa shape index (κ3) is 14.3. The summed E-state index contributed by atoms with van der Waals surface area (Å²) >= 11 is 0. The molecule has 0 aliphatic heterocycles. The minimum Gasteiger partial charge on any atom is -0.477 e. The van der Waals surface area contributed by atoms with E-state index in [0.29, 0.717) is 6.08 Å². The first-order valence-electron chi connectivity index (χ1n) is 8.87. The lowest BCUT2D eigenvalue weighted by Gasteiger charge is -2.09. The van der Waals surface area contributed by atoms with Crippen LogP contribution in [0.1, 0.15) is 58.3 Å². The zero-order valence-electron chi connectivity index (χ0n) is 14.9. The normalized spacial score (nSPS) is 14.4. The largest absolute Gasteiger partial charge is 0.477 e. The lowest BCUT2D eigenvalue weighted by atomic mass is 10.0. The molecule has 0 aliphatic carbocycles. The number of hydrogen-bond acceptors (Lipinski definition) is 2. The second kappa shape index (κ2) is 14.6. The van der Waals surface area contributed by atoms with Crippen LogP contribution in [0.4, 0.5) is 8.78 Å². The molecule has 0 rings (SSSR count). The van der Waals surface area contributed by atoms with Gasteiger partial charge in [0.2, 0.25) is 0 Å². The molecule has 25 heavy (non-hydrogen) atoms. The Labute approximate surface area is 149 Å².